The molecule has 0 saturated heterocycles. The Balaban J connectivity index is 2.28. The molecule has 2 aromatic rings. The van der Waals surface area contributed by atoms with Gasteiger partial charge in [-0.1, -0.05) is 24.3 Å². The molecule has 0 aliphatic carbocycles. The maximum atomic E-state index is 13.1. The molecule has 0 heterocycles. The van der Waals surface area contributed by atoms with E-state index in [4.69, 9.17) is 5.73 Å². The Morgan fingerprint density at radius 1 is 1.30 bits per heavy atom. The lowest BCUT2D eigenvalue weighted by Crippen LogP contribution is -2.15. The number of para-hydroxylation sites is 1. The van der Waals surface area contributed by atoms with E-state index in [1.54, 1.807) is 24.3 Å². The van der Waals surface area contributed by atoms with Gasteiger partial charge in [0.05, 0.1) is 4.92 Å². The van der Waals surface area contributed by atoms with Crippen LogP contribution in [0.25, 0.3) is 0 Å². The second-order valence-corrected chi connectivity index (χ2v) is 5.52. The lowest BCUT2D eigenvalue weighted by atomic mass is 9.98. The monoisotopic (exact) mass is 386 g/mol. The Labute approximate surface area is 129 Å². The molecule has 2 N–H and O–H groups in total. The van der Waals surface area contributed by atoms with Gasteiger partial charge in [-0.05, 0) is 46.7 Å². The van der Waals surface area contributed by atoms with Crippen molar-refractivity contribution < 1.29 is 9.31 Å². The van der Waals surface area contributed by atoms with Crippen molar-refractivity contribution >= 4 is 28.3 Å². The first-order valence-corrected chi connectivity index (χ1v) is 6.99. The van der Waals surface area contributed by atoms with E-state index >= 15 is 0 Å². The van der Waals surface area contributed by atoms with E-state index in [-0.39, 0.29) is 11.5 Å². The summed E-state index contributed by atoms with van der Waals surface area (Å²) >= 11 is 2.01. The first-order chi connectivity index (χ1) is 9.49. The zero-order chi connectivity index (χ0) is 14.7. The average Bonchev–Trinajstić information content (AvgIpc) is 2.38. The lowest BCUT2D eigenvalue weighted by molar-refractivity contribution is -0.385. The number of nitro groups is 1. The molecule has 0 spiro atoms. The highest BCUT2D eigenvalue weighted by molar-refractivity contribution is 14.1. The molecule has 104 valence electrons. The number of nitrogens with two attached hydrogens (primary N) is 1. The minimum Gasteiger partial charge on any atom is -0.324 e. The van der Waals surface area contributed by atoms with Crippen LogP contribution in [0.2, 0.25) is 0 Å². The standard InChI is InChI=1S/C14H12FIN2O2/c15-10-5-6-11(12(16)8-10)13(17)7-9-3-1-2-4-14(9)18(19)20/h1-6,8,13H,7,17H2. The largest absolute Gasteiger partial charge is 0.324 e. The summed E-state index contributed by atoms with van der Waals surface area (Å²) in [5.74, 6) is -0.323. The maximum absolute atomic E-state index is 13.1. The molecule has 1 unspecified atom stereocenters. The summed E-state index contributed by atoms with van der Waals surface area (Å²) in [4.78, 5) is 10.5. The van der Waals surface area contributed by atoms with Crippen LogP contribution in [0.4, 0.5) is 10.1 Å². The van der Waals surface area contributed by atoms with Crippen molar-refractivity contribution in [3.63, 3.8) is 0 Å². The van der Waals surface area contributed by atoms with Crippen molar-refractivity contribution in [1.29, 1.82) is 0 Å². The van der Waals surface area contributed by atoms with Crippen molar-refractivity contribution in [3.05, 3.63) is 73.1 Å². The van der Waals surface area contributed by atoms with Gasteiger partial charge in [0.1, 0.15) is 5.82 Å². The number of nitro benzene ring substituents is 1. The Morgan fingerprint density at radius 2 is 2.00 bits per heavy atom. The van der Waals surface area contributed by atoms with Crippen molar-refractivity contribution in [2.75, 3.05) is 0 Å². The Bertz CT molecular complexity index is 649. The third kappa shape index (κ3) is 3.31. The summed E-state index contributed by atoms with van der Waals surface area (Å²) in [5, 5.41) is 11.0. The fourth-order valence-corrected chi connectivity index (χ4v) is 2.89. The van der Waals surface area contributed by atoms with Crippen LogP contribution in [-0.2, 0) is 6.42 Å². The zero-order valence-corrected chi connectivity index (χ0v) is 12.6. The van der Waals surface area contributed by atoms with Gasteiger partial charge in [0.25, 0.3) is 5.69 Å². The van der Waals surface area contributed by atoms with Gasteiger partial charge in [-0.2, -0.15) is 0 Å². The third-order valence-electron chi connectivity index (χ3n) is 2.99. The smallest absolute Gasteiger partial charge is 0.272 e. The van der Waals surface area contributed by atoms with E-state index < -0.39 is 11.0 Å². The van der Waals surface area contributed by atoms with E-state index in [9.17, 15) is 14.5 Å². The predicted octanol–water partition coefficient (Wildman–Crippen LogP) is 3.58. The van der Waals surface area contributed by atoms with Crippen molar-refractivity contribution in [1.82, 2.24) is 0 Å². The lowest BCUT2D eigenvalue weighted by Gasteiger charge is -2.14. The predicted molar refractivity (Wildman–Crippen MR) is 82.8 cm³/mol. The summed E-state index contributed by atoms with van der Waals surface area (Å²) in [6.07, 6.45) is 0.332. The quantitative estimate of drug-likeness (QED) is 0.496. The molecule has 0 fully saturated rings. The maximum Gasteiger partial charge on any atom is 0.272 e. The molecule has 0 aliphatic heterocycles. The number of halogens is 2. The molecule has 1 atom stereocenters. The number of hydrogen-bond donors (Lipinski definition) is 1. The van der Waals surface area contributed by atoms with Gasteiger partial charge in [-0.15, -0.1) is 0 Å². The minimum absolute atomic E-state index is 0.0556. The second-order valence-electron chi connectivity index (χ2n) is 4.36. The van der Waals surface area contributed by atoms with Crippen LogP contribution >= 0.6 is 22.6 Å². The van der Waals surface area contributed by atoms with Crippen LogP contribution < -0.4 is 5.73 Å². The fourth-order valence-electron chi connectivity index (χ4n) is 2.01. The molecular formula is C14H12FIN2O2. The second kappa shape index (κ2) is 6.27. The number of rotatable bonds is 4. The van der Waals surface area contributed by atoms with E-state index in [0.29, 0.717) is 15.6 Å². The topological polar surface area (TPSA) is 69.2 Å². The summed E-state index contributed by atoms with van der Waals surface area (Å²) in [6, 6.07) is 10.5. The molecule has 20 heavy (non-hydrogen) atoms. The van der Waals surface area contributed by atoms with Crippen LogP contribution in [0.15, 0.2) is 42.5 Å². The van der Waals surface area contributed by atoms with Crippen LogP contribution in [0, 0.1) is 19.5 Å². The van der Waals surface area contributed by atoms with Crippen molar-refractivity contribution in [3.8, 4) is 0 Å². The van der Waals surface area contributed by atoms with Crippen LogP contribution in [0.1, 0.15) is 17.2 Å². The molecule has 2 rings (SSSR count). The Morgan fingerprint density at radius 3 is 2.65 bits per heavy atom. The molecule has 0 aromatic heterocycles. The van der Waals surface area contributed by atoms with Crippen LogP contribution in [-0.4, -0.2) is 4.92 Å². The van der Waals surface area contributed by atoms with Gasteiger partial charge >= 0.3 is 0 Å². The van der Waals surface area contributed by atoms with E-state index in [1.807, 2.05) is 22.6 Å². The third-order valence-corrected chi connectivity index (χ3v) is 3.92. The average molecular weight is 386 g/mol. The summed E-state index contributed by atoms with van der Waals surface area (Å²) < 4.78 is 13.8. The van der Waals surface area contributed by atoms with E-state index in [1.165, 1.54) is 18.2 Å². The summed E-state index contributed by atoms with van der Waals surface area (Å²) in [7, 11) is 0. The first-order valence-electron chi connectivity index (χ1n) is 5.92. The Hall–Kier alpha value is -1.54. The van der Waals surface area contributed by atoms with Crippen LogP contribution in [0.5, 0.6) is 0 Å². The molecular weight excluding hydrogens is 374 g/mol. The van der Waals surface area contributed by atoms with Gasteiger partial charge < -0.3 is 5.73 Å². The van der Waals surface area contributed by atoms with Gasteiger partial charge in [-0.3, -0.25) is 10.1 Å². The molecule has 0 amide bonds. The normalized spacial score (nSPS) is 12.2. The van der Waals surface area contributed by atoms with Gasteiger partial charge in [0, 0.05) is 21.2 Å². The molecule has 6 heteroatoms. The molecule has 2 aromatic carbocycles. The molecule has 0 aliphatic rings. The van der Waals surface area contributed by atoms with Gasteiger partial charge in [0.15, 0.2) is 0 Å². The van der Waals surface area contributed by atoms with Gasteiger partial charge in [-0.25, -0.2) is 4.39 Å². The fraction of sp³-hybridized carbons (Fsp3) is 0.143. The van der Waals surface area contributed by atoms with Crippen molar-refractivity contribution in [2.24, 2.45) is 5.73 Å². The summed E-state index contributed by atoms with van der Waals surface area (Å²) in [6.45, 7) is 0. The zero-order valence-electron chi connectivity index (χ0n) is 10.4. The SMILES string of the molecule is NC(Cc1ccccc1[N+](=O)[O-])c1ccc(F)cc1I. The number of hydrogen-bond acceptors (Lipinski definition) is 3. The molecule has 0 bridgehead atoms. The number of nitrogens with zero attached hydrogens (tertiary/aromatic N) is 1. The highest BCUT2D eigenvalue weighted by atomic mass is 127. The number of benzene rings is 2. The molecule has 4 nitrogen and oxygen atoms in total. The summed E-state index contributed by atoms with van der Waals surface area (Å²) in [5.41, 5.74) is 7.51. The minimum atomic E-state index is -0.419. The Kier molecular flexibility index (Phi) is 4.66. The highest BCUT2D eigenvalue weighted by Crippen LogP contribution is 2.26. The van der Waals surface area contributed by atoms with E-state index in [2.05, 4.69) is 0 Å². The van der Waals surface area contributed by atoms with Crippen molar-refractivity contribution in [2.45, 2.75) is 12.5 Å². The highest BCUT2D eigenvalue weighted by Gasteiger charge is 2.17. The van der Waals surface area contributed by atoms with Crippen LogP contribution in [0.3, 0.4) is 0 Å². The van der Waals surface area contributed by atoms with Gasteiger partial charge in [0.2, 0.25) is 0 Å². The van der Waals surface area contributed by atoms with E-state index in [0.717, 1.165) is 5.56 Å². The molecule has 0 saturated carbocycles. The molecule has 0 radical (unpaired) electrons. The first kappa shape index (κ1) is 14.9.